The number of ether oxygens (including phenoxy) is 1. The average Bonchev–Trinajstić information content (AvgIpc) is 3.19. The third-order valence-electron chi connectivity index (χ3n) is 5.32. The first-order chi connectivity index (χ1) is 14.0. The Kier molecular flexibility index (Phi) is 9.90. The molecule has 1 aliphatic rings. The van der Waals surface area contributed by atoms with Gasteiger partial charge in [0.2, 0.25) is 10.0 Å². The number of benzene rings is 1. The number of hydrogen-bond acceptors (Lipinski definition) is 4. The normalized spacial score (nSPS) is 16.7. The molecule has 0 radical (unpaired) electrons. The third kappa shape index (κ3) is 7.95. The second-order valence-corrected chi connectivity index (χ2v) is 9.25. The Morgan fingerprint density at radius 2 is 1.83 bits per heavy atom. The van der Waals surface area contributed by atoms with Crippen LogP contribution in [0, 0.1) is 5.41 Å². The van der Waals surface area contributed by atoms with Crippen LogP contribution in [0.5, 0.6) is 0 Å². The summed E-state index contributed by atoms with van der Waals surface area (Å²) in [6.45, 7) is 7.87. The first-order valence-corrected chi connectivity index (χ1v) is 12.1. The van der Waals surface area contributed by atoms with Gasteiger partial charge in [-0.15, -0.1) is 0 Å². The predicted octanol–water partition coefficient (Wildman–Crippen LogP) is 2.51. The van der Waals surface area contributed by atoms with Crippen molar-refractivity contribution < 1.29 is 13.2 Å². The smallest absolute Gasteiger partial charge is 0.240 e. The van der Waals surface area contributed by atoms with Crippen LogP contribution in [0.15, 0.2) is 40.2 Å². The molecule has 29 heavy (non-hydrogen) atoms. The van der Waals surface area contributed by atoms with Crippen molar-refractivity contribution in [3.63, 3.8) is 0 Å². The van der Waals surface area contributed by atoms with Crippen LogP contribution in [-0.4, -0.2) is 53.8 Å². The molecule has 0 saturated heterocycles. The molecule has 164 valence electrons. The number of nitrogens with zero attached hydrogens (tertiary/aromatic N) is 1. The zero-order valence-electron chi connectivity index (χ0n) is 17.7. The summed E-state index contributed by atoms with van der Waals surface area (Å²) in [5, 5.41) is 6.48. The first kappa shape index (κ1) is 23.6. The topological polar surface area (TPSA) is 91.8 Å². The van der Waals surface area contributed by atoms with Crippen molar-refractivity contribution in [3.8, 4) is 0 Å². The van der Waals surface area contributed by atoms with Gasteiger partial charge in [0.1, 0.15) is 0 Å². The van der Waals surface area contributed by atoms with Gasteiger partial charge in [-0.05, 0) is 50.7 Å². The second-order valence-electron chi connectivity index (χ2n) is 7.49. The minimum atomic E-state index is -3.48. The monoisotopic (exact) mass is 424 g/mol. The number of rotatable bonds is 12. The molecule has 0 bridgehead atoms. The summed E-state index contributed by atoms with van der Waals surface area (Å²) in [5.41, 5.74) is 0.229. The highest BCUT2D eigenvalue weighted by Crippen LogP contribution is 2.41. The molecule has 0 spiro atoms. The quantitative estimate of drug-likeness (QED) is 0.272. The number of guanidine groups is 1. The molecule has 1 aromatic carbocycles. The van der Waals surface area contributed by atoms with Gasteiger partial charge < -0.3 is 15.4 Å². The second kappa shape index (κ2) is 12.1. The molecule has 0 unspecified atom stereocenters. The third-order valence-corrected chi connectivity index (χ3v) is 6.80. The van der Waals surface area contributed by atoms with E-state index in [9.17, 15) is 8.42 Å². The summed E-state index contributed by atoms with van der Waals surface area (Å²) < 4.78 is 32.7. The molecule has 8 heteroatoms. The van der Waals surface area contributed by atoms with E-state index in [2.05, 4.69) is 15.4 Å². The largest absolute Gasteiger partial charge is 0.382 e. The van der Waals surface area contributed by atoms with Crippen LogP contribution >= 0.6 is 0 Å². The van der Waals surface area contributed by atoms with Gasteiger partial charge in [-0.2, -0.15) is 0 Å². The minimum Gasteiger partial charge on any atom is -0.382 e. The zero-order chi connectivity index (χ0) is 21.0. The van der Waals surface area contributed by atoms with Gasteiger partial charge >= 0.3 is 0 Å². The highest BCUT2D eigenvalue weighted by atomic mass is 32.2. The van der Waals surface area contributed by atoms with Gasteiger partial charge in [0, 0.05) is 39.4 Å². The lowest BCUT2D eigenvalue weighted by Gasteiger charge is -2.27. The highest BCUT2D eigenvalue weighted by molar-refractivity contribution is 7.89. The van der Waals surface area contributed by atoms with Gasteiger partial charge in [-0.1, -0.05) is 31.0 Å². The van der Waals surface area contributed by atoms with E-state index < -0.39 is 10.0 Å². The van der Waals surface area contributed by atoms with Crippen LogP contribution in [0.3, 0.4) is 0 Å². The Morgan fingerprint density at radius 1 is 1.10 bits per heavy atom. The lowest BCUT2D eigenvalue weighted by Crippen LogP contribution is -2.42. The molecular weight excluding hydrogens is 388 g/mol. The fraction of sp³-hybridized carbons (Fsp3) is 0.667. The van der Waals surface area contributed by atoms with Crippen LogP contribution in [0.4, 0.5) is 0 Å². The molecule has 0 heterocycles. The molecule has 1 aliphatic carbocycles. The standard InChI is InChI=1S/C21H36N4O3S/c1-3-22-20(24-18-21(12-8-9-13-21)14-17-28-4-2)23-15-16-25-29(26,27)19-10-6-5-7-11-19/h5-7,10-11,25H,3-4,8-9,12-18H2,1-2H3,(H2,22,23,24). The van der Waals surface area contributed by atoms with Crippen LogP contribution in [-0.2, 0) is 14.8 Å². The van der Waals surface area contributed by atoms with E-state index in [1.807, 2.05) is 13.8 Å². The molecule has 0 aliphatic heterocycles. The molecule has 3 N–H and O–H groups in total. The van der Waals surface area contributed by atoms with E-state index in [0.717, 1.165) is 38.7 Å². The molecule has 1 saturated carbocycles. The highest BCUT2D eigenvalue weighted by Gasteiger charge is 2.33. The lowest BCUT2D eigenvalue weighted by molar-refractivity contribution is 0.107. The van der Waals surface area contributed by atoms with Crippen molar-refractivity contribution in [3.05, 3.63) is 30.3 Å². The first-order valence-electron chi connectivity index (χ1n) is 10.7. The molecular formula is C21H36N4O3S. The number of nitrogens with one attached hydrogen (secondary N) is 3. The fourth-order valence-corrected chi connectivity index (χ4v) is 4.74. The predicted molar refractivity (Wildman–Crippen MR) is 118 cm³/mol. The van der Waals surface area contributed by atoms with Gasteiger partial charge in [0.25, 0.3) is 0 Å². The average molecular weight is 425 g/mol. The molecule has 0 atom stereocenters. The van der Waals surface area contributed by atoms with Crippen molar-refractivity contribution in [2.24, 2.45) is 10.4 Å². The van der Waals surface area contributed by atoms with Crippen molar-refractivity contribution >= 4 is 16.0 Å². The van der Waals surface area contributed by atoms with Crippen LogP contribution in [0.1, 0.15) is 46.0 Å². The van der Waals surface area contributed by atoms with Gasteiger partial charge in [-0.25, -0.2) is 13.1 Å². The Hall–Kier alpha value is -1.64. The maximum absolute atomic E-state index is 12.3. The summed E-state index contributed by atoms with van der Waals surface area (Å²) >= 11 is 0. The summed E-state index contributed by atoms with van der Waals surface area (Å²) in [4.78, 5) is 5.08. The van der Waals surface area contributed by atoms with Crippen molar-refractivity contribution in [1.29, 1.82) is 0 Å². The van der Waals surface area contributed by atoms with Crippen molar-refractivity contribution in [2.75, 3.05) is 39.4 Å². The summed E-state index contributed by atoms with van der Waals surface area (Å²) in [6, 6.07) is 8.40. The maximum atomic E-state index is 12.3. The van der Waals surface area contributed by atoms with Gasteiger partial charge in [-0.3, -0.25) is 4.99 Å². The molecule has 1 aromatic rings. The Morgan fingerprint density at radius 3 is 2.48 bits per heavy atom. The SMILES string of the molecule is CCNC(=NCC1(CCOCC)CCCC1)NCCNS(=O)(=O)c1ccccc1. The van der Waals surface area contributed by atoms with E-state index in [4.69, 9.17) is 9.73 Å². The van der Waals surface area contributed by atoms with E-state index in [-0.39, 0.29) is 16.9 Å². The van der Waals surface area contributed by atoms with E-state index in [1.165, 1.54) is 25.7 Å². The molecule has 2 rings (SSSR count). The fourth-order valence-electron chi connectivity index (χ4n) is 3.68. The number of sulfonamides is 1. The maximum Gasteiger partial charge on any atom is 0.240 e. The van der Waals surface area contributed by atoms with E-state index in [1.54, 1.807) is 30.3 Å². The molecule has 1 fully saturated rings. The van der Waals surface area contributed by atoms with E-state index >= 15 is 0 Å². The van der Waals surface area contributed by atoms with Crippen LogP contribution in [0.25, 0.3) is 0 Å². The zero-order valence-corrected chi connectivity index (χ0v) is 18.6. The Bertz CT molecular complexity index is 717. The molecule has 0 aromatic heterocycles. The summed E-state index contributed by atoms with van der Waals surface area (Å²) in [5.74, 6) is 0.731. The van der Waals surface area contributed by atoms with Gasteiger partial charge in [0.05, 0.1) is 4.90 Å². The van der Waals surface area contributed by atoms with Gasteiger partial charge in [0.15, 0.2) is 5.96 Å². The van der Waals surface area contributed by atoms with E-state index in [0.29, 0.717) is 6.54 Å². The Labute approximate surface area is 175 Å². The summed E-state index contributed by atoms with van der Waals surface area (Å²) in [7, 11) is -3.48. The lowest BCUT2D eigenvalue weighted by atomic mass is 9.83. The number of aliphatic imine (C=N–C) groups is 1. The van der Waals surface area contributed by atoms with Crippen molar-refractivity contribution in [2.45, 2.75) is 50.8 Å². The Balaban J connectivity index is 1.85. The summed E-state index contributed by atoms with van der Waals surface area (Å²) in [6.07, 6.45) is 5.94. The van der Waals surface area contributed by atoms with Crippen LogP contribution in [0.2, 0.25) is 0 Å². The van der Waals surface area contributed by atoms with Crippen LogP contribution < -0.4 is 15.4 Å². The molecule has 7 nitrogen and oxygen atoms in total. The minimum absolute atomic E-state index is 0.229. The molecule has 0 amide bonds. The number of hydrogen-bond donors (Lipinski definition) is 3. The van der Waals surface area contributed by atoms with Crippen molar-refractivity contribution in [1.82, 2.24) is 15.4 Å².